The number of rotatable bonds is 0. The van der Waals surface area contributed by atoms with Crippen molar-refractivity contribution in [3.63, 3.8) is 0 Å². The van der Waals surface area contributed by atoms with Crippen molar-refractivity contribution >= 4 is 119 Å². The largest absolute Gasteiger partial charge is 0 e. The number of aliphatic carboxylic acids is 1. The Kier molecular flexibility index (Phi) is 40.6. The second-order valence-electron chi connectivity index (χ2n) is 0.967. The average molecular weight is 293 g/mol. The van der Waals surface area contributed by atoms with E-state index in [2.05, 4.69) is 0 Å². The summed E-state index contributed by atoms with van der Waals surface area (Å²) < 4.78 is 31.6. The maximum atomic E-state index is 9.00. The van der Waals surface area contributed by atoms with Crippen molar-refractivity contribution in [1.29, 1.82) is 0 Å². The van der Waals surface area contributed by atoms with Gasteiger partial charge in [-0.3, -0.25) is 13.9 Å². The molecule has 1 radical (unpaired) electrons. The van der Waals surface area contributed by atoms with E-state index in [9.17, 15) is 0 Å². The first-order valence-corrected chi connectivity index (χ1v) is 3.02. The Balaban J connectivity index is -0.0000000221. The van der Waals surface area contributed by atoms with Crippen molar-refractivity contribution in [2.24, 2.45) is 0 Å². The third-order valence-electron chi connectivity index (χ3n) is 0. The molecule has 12 heavy (non-hydrogen) atoms. The fourth-order valence-electron chi connectivity index (χ4n) is 0. The monoisotopic (exact) mass is 293 g/mol. The van der Waals surface area contributed by atoms with Crippen LogP contribution < -0.4 is 0 Å². The van der Waals surface area contributed by atoms with Gasteiger partial charge in [0, 0.05) is 24.0 Å². The van der Waals surface area contributed by atoms with Gasteiger partial charge in [0.25, 0.3) is 5.97 Å². The number of hydrogen-bond acceptors (Lipinski definition) is 3. The molecule has 0 bridgehead atoms. The van der Waals surface area contributed by atoms with Crippen LogP contribution in [0.15, 0.2) is 0 Å². The van der Waals surface area contributed by atoms with Gasteiger partial charge in [0.1, 0.15) is 0 Å². The van der Waals surface area contributed by atoms with Crippen LogP contribution in [-0.2, 0) is 32.3 Å². The van der Waals surface area contributed by atoms with Crippen LogP contribution >= 0.6 is 0 Å². The Morgan fingerprint density at radius 2 is 1.17 bits per heavy atom. The normalized spacial score (nSPS) is 6.92. The molecule has 0 aliphatic heterocycles. The molecule has 0 heterocycles. The van der Waals surface area contributed by atoms with E-state index in [1.807, 2.05) is 0 Å². The average Bonchev–Trinajstić information content (AvgIpc) is 1.19. The SMILES string of the molecule is CC(=O)O.O=S(=O)(O)O.[KH].[KH].[Mn]. The first kappa shape index (κ1) is 29.4. The van der Waals surface area contributed by atoms with Gasteiger partial charge in [-0.2, -0.15) is 8.42 Å². The standard InChI is InChI=1S/C2H4O2.2K.Mn.H2O4S.2H/c1-2(3)4;;;;1-5(2,3)4;;/h1H3,(H,3,4);;;;(H2,1,2,3,4);;. The third kappa shape index (κ3) is 197. The number of carboxylic acid groups (broad SMARTS) is 1. The molecular weight excluding hydrogens is 285 g/mol. The van der Waals surface area contributed by atoms with Gasteiger partial charge in [0.05, 0.1) is 0 Å². The fourth-order valence-corrected chi connectivity index (χ4v) is 0. The third-order valence-corrected chi connectivity index (χ3v) is 0. The zero-order valence-electron chi connectivity index (χ0n) is 4.85. The Hall–Kier alpha value is 3.13. The molecule has 0 saturated carbocycles. The van der Waals surface area contributed by atoms with Crippen LogP contribution in [0.2, 0.25) is 0 Å². The molecule has 0 saturated heterocycles. The van der Waals surface area contributed by atoms with E-state index in [0.29, 0.717) is 0 Å². The van der Waals surface area contributed by atoms with Crippen LogP contribution in [0.1, 0.15) is 6.92 Å². The summed E-state index contributed by atoms with van der Waals surface area (Å²) in [7, 11) is -4.67. The van der Waals surface area contributed by atoms with Crippen molar-refractivity contribution in [3.8, 4) is 0 Å². The van der Waals surface area contributed by atoms with Gasteiger partial charge in [-0.25, -0.2) is 0 Å². The molecule has 0 aliphatic carbocycles. The fraction of sp³-hybridized carbons (Fsp3) is 0.500. The van der Waals surface area contributed by atoms with Crippen molar-refractivity contribution in [2.45, 2.75) is 6.92 Å². The zero-order valence-corrected chi connectivity index (χ0v) is 6.85. The van der Waals surface area contributed by atoms with Crippen LogP contribution in [0.4, 0.5) is 0 Å². The maximum absolute atomic E-state index is 9.00. The second-order valence-corrected chi connectivity index (χ2v) is 1.86. The first-order chi connectivity index (χ1) is 3.73. The molecule has 0 aromatic rings. The second kappa shape index (κ2) is 16.6. The smallest absolute Gasteiger partial charge is 0 e. The molecule has 10 heteroatoms. The molecule has 6 nitrogen and oxygen atoms in total. The van der Waals surface area contributed by atoms with Crippen LogP contribution in [0.3, 0.4) is 0 Å². The molecular formula is C2H8K2MnO6S. The Morgan fingerprint density at radius 1 is 1.17 bits per heavy atom. The predicted molar refractivity (Wildman–Crippen MR) is 41.8 cm³/mol. The number of carbonyl (C=O) groups is 1. The molecule has 0 atom stereocenters. The number of hydrogen-bond donors (Lipinski definition) is 3. The summed E-state index contributed by atoms with van der Waals surface area (Å²) in [4.78, 5) is 9.00. The molecule has 0 rings (SSSR count). The van der Waals surface area contributed by atoms with Gasteiger partial charge in [0.15, 0.2) is 0 Å². The summed E-state index contributed by atoms with van der Waals surface area (Å²) in [5, 5.41) is 7.42. The summed E-state index contributed by atoms with van der Waals surface area (Å²) in [5.41, 5.74) is 0. The summed E-state index contributed by atoms with van der Waals surface area (Å²) in [6, 6.07) is 0. The molecule has 0 fully saturated rings. The summed E-state index contributed by atoms with van der Waals surface area (Å²) in [5.74, 6) is -0.833. The van der Waals surface area contributed by atoms with Gasteiger partial charge in [0.2, 0.25) is 0 Å². The Bertz CT molecular complexity index is 166. The molecule has 0 amide bonds. The van der Waals surface area contributed by atoms with E-state index in [1.165, 1.54) is 0 Å². The quantitative estimate of drug-likeness (QED) is 0.357. The van der Waals surface area contributed by atoms with Crippen molar-refractivity contribution in [1.82, 2.24) is 0 Å². The van der Waals surface area contributed by atoms with Gasteiger partial charge < -0.3 is 5.11 Å². The molecule has 67 valence electrons. The van der Waals surface area contributed by atoms with Gasteiger partial charge >= 0.3 is 113 Å². The van der Waals surface area contributed by atoms with E-state index >= 15 is 0 Å². The molecule has 0 aromatic carbocycles. The molecule has 0 aliphatic rings. The van der Waals surface area contributed by atoms with Crippen LogP contribution in [0.5, 0.6) is 0 Å². The minimum atomic E-state index is -4.67. The maximum Gasteiger partial charge on any atom is 0 e. The van der Waals surface area contributed by atoms with Gasteiger partial charge in [-0.1, -0.05) is 0 Å². The molecule has 0 aromatic heterocycles. The summed E-state index contributed by atoms with van der Waals surface area (Å²) >= 11 is 0. The number of carboxylic acids is 1. The van der Waals surface area contributed by atoms with E-state index in [-0.39, 0.29) is 120 Å². The summed E-state index contributed by atoms with van der Waals surface area (Å²) in [6.45, 7) is 1.08. The van der Waals surface area contributed by atoms with E-state index in [4.69, 9.17) is 27.4 Å². The Labute approximate surface area is 166 Å². The van der Waals surface area contributed by atoms with Gasteiger partial charge in [-0.05, 0) is 0 Å². The van der Waals surface area contributed by atoms with Crippen LogP contribution in [-0.4, -0.2) is 131 Å². The minimum Gasteiger partial charge on any atom is 0 e. The van der Waals surface area contributed by atoms with Gasteiger partial charge in [-0.15, -0.1) is 0 Å². The van der Waals surface area contributed by atoms with Crippen molar-refractivity contribution < 1.29 is 44.5 Å². The van der Waals surface area contributed by atoms with Crippen molar-refractivity contribution in [2.75, 3.05) is 0 Å². The first-order valence-electron chi connectivity index (χ1n) is 1.63. The van der Waals surface area contributed by atoms with Crippen LogP contribution in [0.25, 0.3) is 0 Å². The topological polar surface area (TPSA) is 112 Å². The summed E-state index contributed by atoms with van der Waals surface area (Å²) in [6.07, 6.45) is 0. The molecule has 0 unspecified atom stereocenters. The molecule has 3 N–H and O–H groups in total. The predicted octanol–water partition coefficient (Wildman–Crippen LogP) is -1.86. The van der Waals surface area contributed by atoms with E-state index in [1.54, 1.807) is 0 Å². The molecule has 0 spiro atoms. The van der Waals surface area contributed by atoms with Crippen LogP contribution in [0, 0.1) is 0 Å². The van der Waals surface area contributed by atoms with E-state index in [0.717, 1.165) is 6.92 Å². The van der Waals surface area contributed by atoms with E-state index < -0.39 is 16.4 Å². The minimum absolute atomic E-state index is 0. The van der Waals surface area contributed by atoms with Crippen molar-refractivity contribution in [3.05, 3.63) is 0 Å². The zero-order chi connectivity index (χ0) is 8.08. The Morgan fingerprint density at radius 3 is 1.17 bits per heavy atom.